The lowest BCUT2D eigenvalue weighted by molar-refractivity contribution is 0.444. The van der Waals surface area contributed by atoms with E-state index in [0.29, 0.717) is 27.1 Å². The number of aryl methyl sites for hydroxylation is 1. The molecule has 0 fully saturated rings. The molecule has 0 aliphatic carbocycles. The Morgan fingerprint density at radius 2 is 1.68 bits per heavy atom. The zero-order chi connectivity index (χ0) is 17.6. The van der Waals surface area contributed by atoms with Crippen molar-refractivity contribution in [3.8, 4) is 28.4 Å². The van der Waals surface area contributed by atoms with Gasteiger partial charge in [-0.2, -0.15) is 0 Å². The summed E-state index contributed by atoms with van der Waals surface area (Å²) in [4.78, 5) is 9.22. The highest BCUT2D eigenvalue weighted by Gasteiger charge is 2.17. The minimum atomic E-state index is 0.0934. The molecule has 0 radical (unpaired) electrons. The quantitative estimate of drug-likeness (QED) is 0.515. The number of aromatic hydroxyl groups is 1. The van der Waals surface area contributed by atoms with Gasteiger partial charge in [0.1, 0.15) is 11.4 Å². The molecule has 0 unspecified atom stereocenters. The summed E-state index contributed by atoms with van der Waals surface area (Å²) in [6.07, 6.45) is 1.78. The van der Waals surface area contributed by atoms with Gasteiger partial charge in [-0.1, -0.05) is 59.6 Å². The maximum atomic E-state index is 10.4. The van der Waals surface area contributed by atoms with Gasteiger partial charge in [0.2, 0.25) is 5.88 Å². The smallest absolute Gasteiger partial charge is 0.219 e. The van der Waals surface area contributed by atoms with Gasteiger partial charge in [-0.25, -0.2) is 9.97 Å². The largest absolute Gasteiger partial charge is 0.493 e. The Balaban J connectivity index is 2.04. The SMILES string of the molecule is Cc1nc2c(-c3ccc(Cl)c(Cl)c3)nc(-c3ccccc3)cn2c1O. The van der Waals surface area contributed by atoms with Gasteiger partial charge in [-0.15, -0.1) is 0 Å². The van der Waals surface area contributed by atoms with Crippen molar-refractivity contribution in [1.29, 1.82) is 0 Å². The maximum Gasteiger partial charge on any atom is 0.219 e. The third-order valence-corrected chi connectivity index (χ3v) is 4.75. The summed E-state index contributed by atoms with van der Waals surface area (Å²) in [5.41, 5.74) is 4.17. The van der Waals surface area contributed by atoms with Crippen molar-refractivity contribution in [1.82, 2.24) is 14.4 Å². The Bertz CT molecular complexity index is 1090. The first-order valence-corrected chi connectivity index (χ1v) is 8.39. The monoisotopic (exact) mass is 369 g/mol. The lowest BCUT2D eigenvalue weighted by atomic mass is 10.1. The second kappa shape index (κ2) is 6.06. The molecule has 4 nitrogen and oxygen atoms in total. The highest BCUT2D eigenvalue weighted by Crippen LogP contribution is 2.33. The number of nitrogens with zero attached hydrogens (tertiary/aromatic N) is 3. The lowest BCUT2D eigenvalue weighted by Crippen LogP contribution is -1.96. The summed E-state index contributed by atoms with van der Waals surface area (Å²) in [5, 5.41) is 11.3. The van der Waals surface area contributed by atoms with Gasteiger partial charge in [0, 0.05) is 17.3 Å². The number of halogens is 2. The van der Waals surface area contributed by atoms with Crippen molar-refractivity contribution < 1.29 is 5.11 Å². The minimum Gasteiger partial charge on any atom is -0.493 e. The molecule has 2 aromatic heterocycles. The van der Waals surface area contributed by atoms with E-state index in [9.17, 15) is 5.11 Å². The fraction of sp³-hybridized carbons (Fsp3) is 0.0526. The standard InChI is InChI=1S/C19H13Cl2N3O/c1-11-19(25)24-10-16(12-5-3-2-4-6-12)23-17(18(24)22-11)13-7-8-14(20)15(21)9-13/h2-10,25H,1H3. The molecule has 0 saturated carbocycles. The number of fused-ring (bicyclic) bond motifs is 1. The van der Waals surface area contributed by atoms with Gasteiger partial charge >= 0.3 is 0 Å². The summed E-state index contributed by atoms with van der Waals surface area (Å²) in [6.45, 7) is 1.75. The molecule has 0 aliphatic rings. The van der Waals surface area contributed by atoms with Crippen molar-refractivity contribution in [2.45, 2.75) is 6.92 Å². The van der Waals surface area contributed by atoms with Gasteiger partial charge in [-0.05, 0) is 19.1 Å². The van der Waals surface area contributed by atoms with Crippen LogP contribution in [0.15, 0.2) is 54.7 Å². The molecule has 2 heterocycles. The van der Waals surface area contributed by atoms with E-state index in [4.69, 9.17) is 28.2 Å². The molecular formula is C19H13Cl2N3O. The van der Waals surface area contributed by atoms with E-state index < -0.39 is 0 Å². The fourth-order valence-electron chi connectivity index (χ4n) is 2.73. The summed E-state index contributed by atoms with van der Waals surface area (Å²) < 4.78 is 1.64. The fourth-order valence-corrected chi connectivity index (χ4v) is 3.03. The molecule has 0 spiro atoms. The minimum absolute atomic E-state index is 0.0934. The first kappa shape index (κ1) is 15.9. The Morgan fingerprint density at radius 3 is 2.40 bits per heavy atom. The van der Waals surface area contributed by atoms with E-state index in [1.54, 1.807) is 29.7 Å². The van der Waals surface area contributed by atoms with Crippen LogP contribution in [0.25, 0.3) is 28.2 Å². The predicted molar refractivity (Wildman–Crippen MR) is 100 cm³/mol. The van der Waals surface area contributed by atoms with Gasteiger partial charge in [0.05, 0.1) is 15.7 Å². The van der Waals surface area contributed by atoms with Crippen molar-refractivity contribution in [2.75, 3.05) is 0 Å². The average Bonchev–Trinajstić information content (AvgIpc) is 2.92. The van der Waals surface area contributed by atoms with Crippen LogP contribution in [0.4, 0.5) is 0 Å². The molecule has 0 bridgehead atoms. The van der Waals surface area contributed by atoms with Crippen molar-refractivity contribution in [2.24, 2.45) is 0 Å². The average molecular weight is 370 g/mol. The molecule has 0 atom stereocenters. The summed E-state index contributed by atoms with van der Waals surface area (Å²) in [6, 6.07) is 15.1. The summed E-state index contributed by atoms with van der Waals surface area (Å²) in [7, 11) is 0. The van der Waals surface area contributed by atoms with Crippen LogP contribution in [-0.2, 0) is 0 Å². The molecule has 124 valence electrons. The van der Waals surface area contributed by atoms with Crippen molar-refractivity contribution in [3.63, 3.8) is 0 Å². The molecule has 1 N–H and O–H groups in total. The predicted octanol–water partition coefficient (Wildman–Crippen LogP) is 5.38. The van der Waals surface area contributed by atoms with E-state index in [2.05, 4.69) is 4.98 Å². The topological polar surface area (TPSA) is 50.4 Å². The van der Waals surface area contributed by atoms with Gasteiger partial charge in [0.25, 0.3) is 0 Å². The third-order valence-electron chi connectivity index (χ3n) is 4.01. The number of imidazole rings is 1. The lowest BCUT2D eigenvalue weighted by Gasteiger charge is -2.09. The number of hydrogen-bond acceptors (Lipinski definition) is 3. The van der Waals surface area contributed by atoms with Crippen LogP contribution in [0.2, 0.25) is 10.0 Å². The van der Waals surface area contributed by atoms with Crippen LogP contribution in [0.5, 0.6) is 5.88 Å². The third kappa shape index (κ3) is 2.73. The summed E-state index contributed by atoms with van der Waals surface area (Å²) >= 11 is 12.2. The second-order valence-electron chi connectivity index (χ2n) is 5.68. The van der Waals surface area contributed by atoms with Gasteiger partial charge in [0.15, 0.2) is 5.65 Å². The number of aromatic nitrogens is 3. The zero-order valence-corrected chi connectivity index (χ0v) is 14.8. The Labute approximate surface area is 154 Å². The Kier molecular flexibility index (Phi) is 3.86. The molecule has 4 rings (SSSR count). The van der Waals surface area contributed by atoms with E-state index in [1.165, 1.54) is 0 Å². The van der Waals surface area contributed by atoms with E-state index in [1.807, 2.05) is 36.4 Å². The Hall–Kier alpha value is -2.56. The number of benzene rings is 2. The molecule has 0 amide bonds. The highest BCUT2D eigenvalue weighted by molar-refractivity contribution is 6.42. The van der Waals surface area contributed by atoms with Crippen LogP contribution < -0.4 is 0 Å². The normalized spacial score (nSPS) is 11.2. The van der Waals surface area contributed by atoms with E-state index in [-0.39, 0.29) is 5.88 Å². The van der Waals surface area contributed by atoms with Crippen molar-refractivity contribution >= 4 is 28.8 Å². The number of rotatable bonds is 2. The van der Waals surface area contributed by atoms with Crippen LogP contribution in [0, 0.1) is 6.92 Å². The van der Waals surface area contributed by atoms with E-state index >= 15 is 0 Å². The molecule has 4 aromatic rings. The van der Waals surface area contributed by atoms with Crippen LogP contribution in [0.1, 0.15) is 5.69 Å². The van der Waals surface area contributed by atoms with Crippen LogP contribution in [0.3, 0.4) is 0 Å². The maximum absolute atomic E-state index is 10.4. The van der Waals surface area contributed by atoms with Crippen LogP contribution in [-0.4, -0.2) is 19.5 Å². The second-order valence-corrected chi connectivity index (χ2v) is 6.50. The van der Waals surface area contributed by atoms with Crippen molar-refractivity contribution in [3.05, 3.63) is 70.5 Å². The van der Waals surface area contributed by atoms with Crippen LogP contribution >= 0.6 is 23.2 Å². The molecule has 0 saturated heterocycles. The Morgan fingerprint density at radius 1 is 0.920 bits per heavy atom. The number of hydrogen-bond donors (Lipinski definition) is 1. The molecule has 0 aliphatic heterocycles. The zero-order valence-electron chi connectivity index (χ0n) is 13.2. The highest BCUT2D eigenvalue weighted by atomic mass is 35.5. The van der Waals surface area contributed by atoms with Gasteiger partial charge in [-0.3, -0.25) is 4.40 Å². The van der Waals surface area contributed by atoms with Gasteiger partial charge < -0.3 is 5.11 Å². The molecule has 2 aromatic carbocycles. The first-order chi connectivity index (χ1) is 12.0. The molecule has 6 heteroatoms. The summed E-state index contributed by atoms with van der Waals surface area (Å²) in [5.74, 6) is 0.0934. The first-order valence-electron chi connectivity index (χ1n) is 7.64. The van der Waals surface area contributed by atoms with E-state index in [0.717, 1.165) is 16.8 Å². The molecular weight excluding hydrogens is 357 g/mol. The molecule has 25 heavy (non-hydrogen) atoms.